The molecule has 1 aliphatic rings. The van der Waals surface area contributed by atoms with Crippen LogP contribution < -0.4 is 15.0 Å². The fraction of sp³-hybridized carbons (Fsp3) is 0.600. The number of methoxy groups -OCH3 is 1. The summed E-state index contributed by atoms with van der Waals surface area (Å²) in [6.45, 7) is 9.97. The van der Waals surface area contributed by atoms with Crippen molar-refractivity contribution >= 4 is 5.69 Å². The van der Waals surface area contributed by atoms with Crippen LogP contribution >= 0.6 is 0 Å². The Morgan fingerprint density at radius 1 is 1.39 bits per heavy atom. The van der Waals surface area contributed by atoms with Gasteiger partial charge in [-0.05, 0) is 36.6 Å². The molecule has 3 heteroatoms. The molecule has 0 bridgehead atoms. The van der Waals surface area contributed by atoms with Gasteiger partial charge in [0.1, 0.15) is 5.75 Å². The van der Waals surface area contributed by atoms with Crippen LogP contribution in [0.25, 0.3) is 0 Å². The Bertz CT molecular complexity index is 403. The molecule has 0 saturated carbocycles. The molecule has 0 aliphatic carbocycles. The predicted octanol–water partition coefficient (Wildman–Crippen LogP) is 2.44. The number of nitrogens with zero attached hydrogens (tertiary/aromatic N) is 1. The predicted molar refractivity (Wildman–Crippen MR) is 76.6 cm³/mol. The number of hydrogen-bond acceptors (Lipinski definition) is 3. The third-order valence-corrected chi connectivity index (χ3v) is 3.77. The Morgan fingerprint density at radius 3 is 2.78 bits per heavy atom. The highest BCUT2D eigenvalue weighted by atomic mass is 16.5. The number of ether oxygens (including phenoxy) is 1. The smallest absolute Gasteiger partial charge is 0.119 e. The lowest BCUT2D eigenvalue weighted by Crippen LogP contribution is -2.54. The minimum absolute atomic E-state index is 0.575. The summed E-state index contributed by atoms with van der Waals surface area (Å²) in [5.41, 5.74) is 2.64. The summed E-state index contributed by atoms with van der Waals surface area (Å²) in [6, 6.07) is 6.94. The Kier molecular flexibility index (Phi) is 4.12. The van der Waals surface area contributed by atoms with Crippen molar-refractivity contribution in [1.29, 1.82) is 0 Å². The van der Waals surface area contributed by atoms with Crippen molar-refractivity contribution in [2.45, 2.75) is 26.8 Å². The zero-order chi connectivity index (χ0) is 13.1. The Balaban J connectivity index is 2.28. The third-order valence-electron chi connectivity index (χ3n) is 3.77. The van der Waals surface area contributed by atoms with Crippen molar-refractivity contribution in [3.8, 4) is 5.75 Å². The van der Waals surface area contributed by atoms with Crippen LogP contribution in [0.5, 0.6) is 5.75 Å². The fourth-order valence-electron chi connectivity index (χ4n) is 2.70. The summed E-state index contributed by atoms with van der Waals surface area (Å²) >= 11 is 0. The Hall–Kier alpha value is -1.22. The molecule has 1 aromatic carbocycles. The summed E-state index contributed by atoms with van der Waals surface area (Å²) in [4.78, 5) is 2.54. The molecule has 0 spiro atoms. The van der Waals surface area contributed by atoms with E-state index in [1.54, 1.807) is 7.11 Å². The second kappa shape index (κ2) is 5.61. The van der Waals surface area contributed by atoms with Crippen molar-refractivity contribution in [1.82, 2.24) is 5.32 Å². The van der Waals surface area contributed by atoms with Crippen LogP contribution in [0.2, 0.25) is 0 Å². The molecule has 1 N–H and O–H groups in total. The molecule has 0 amide bonds. The number of aryl methyl sites for hydroxylation is 1. The second-order valence-corrected chi connectivity index (χ2v) is 5.36. The first-order valence-electron chi connectivity index (χ1n) is 6.75. The molecule has 1 aromatic rings. The lowest BCUT2D eigenvalue weighted by Gasteiger charge is -2.41. The summed E-state index contributed by atoms with van der Waals surface area (Å²) in [7, 11) is 1.72. The van der Waals surface area contributed by atoms with Crippen molar-refractivity contribution < 1.29 is 4.74 Å². The van der Waals surface area contributed by atoms with Gasteiger partial charge in [0.15, 0.2) is 0 Å². The summed E-state index contributed by atoms with van der Waals surface area (Å²) in [6.07, 6.45) is 0. The van der Waals surface area contributed by atoms with Gasteiger partial charge >= 0.3 is 0 Å². The van der Waals surface area contributed by atoms with Crippen molar-refractivity contribution in [3.05, 3.63) is 23.8 Å². The number of hydrogen-bond donors (Lipinski definition) is 1. The van der Waals surface area contributed by atoms with Gasteiger partial charge in [0.2, 0.25) is 0 Å². The van der Waals surface area contributed by atoms with Crippen molar-refractivity contribution in [2.75, 3.05) is 31.6 Å². The topological polar surface area (TPSA) is 24.5 Å². The molecule has 1 atom stereocenters. The first-order valence-corrected chi connectivity index (χ1v) is 6.75. The van der Waals surface area contributed by atoms with Gasteiger partial charge in [0, 0.05) is 31.4 Å². The average molecular weight is 248 g/mol. The van der Waals surface area contributed by atoms with E-state index in [0.29, 0.717) is 12.0 Å². The number of anilines is 1. The van der Waals surface area contributed by atoms with E-state index in [0.717, 1.165) is 25.4 Å². The molecule has 1 unspecified atom stereocenters. The molecule has 0 aromatic heterocycles. The second-order valence-electron chi connectivity index (χ2n) is 5.36. The van der Waals surface area contributed by atoms with E-state index in [9.17, 15) is 0 Å². The van der Waals surface area contributed by atoms with Crippen LogP contribution in [0.3, 0.4) is 0 Å². The molecule has 1 fully saturated rings. The Morgan fingerprint density at radius 2 is 2.17 bits per heavy atom. The molecule has 1 heterocycles. The maximum Gasteiger partial charge on any atom is 0.119 e. The quantitative estimate of drug-likeness (QED) is 0.889. The standard InChI is InChI=1S/C15H24N2O/c1-11(2)15-10-16-7-8-17(15)14-6-5-13(18-4)9-12(14)3/h5-6,9,11,15-16H,7-8,10H2,1-4H3. The van der Waals surface area contributed by atoms with Crippen molar-refractivity contribution in [2.24, 2.45) is 5.92 Å². The van der Waals surface area contributed by atoms with Crippen LogP contribution in [0.1, 0.15) is 19.4 Å². The lowest BCUT2D eigenvalue weighted by molar-refractivity contribution is 0.389. The molecule has 0 radical (unpaired) electrons. The van der Waals surface area contributed by atoms with Gasteiger partial charge < -0.3 is 15.0 Å². The normalized spacial score (nSPS) is 20.3. The van der Waals surface area contributed by atoms with Crippen LogP contribution in [-0.2, 0) is 0 Å². The number of rotatable bonds is 3. The molecule has 1 aliphatic heterocycles. The van der Waals surface area contributed by atoms with Gasteiger partial charge in [-0.15, -0.1) is 0 Å². The number of benzene rings is 1. The first kappa shape index (κ1) is 13.2. The Labute approximate surface area is 110 Å². The first-order chi connectivity index (χ1) is 8.63. The van der Waals surface area contributed by atoms with Gasteiger partial charge in [0.05, 0.1) is 7.11 Å². The molecule has 1 saturated heterocycles. The molecular weight excluding hydrogens is 224 g/mol. The van der Waals surface area contributed by atoms with Gasteiger partial charge in [-0.2, -0.15) is 0 Å². The van der Waals surface area contributed by atoms with Crippen LogP contribution in [0, 0.1) is 12.8 Å². The maximum absolute atomic E-state index is 5.28. The van der Waals surface area contributed by atoms with Gasteiger partial charge in [-0.3, -0.25) is 0 Å². The van der Waals surface area contributed by atoms with Crippen LogP contribution in [0.4, 0.5) is 5.69 Å². The molecule has 3 nitrogen and oxygen atoms in total. The van der Waals surface area contributed by atoms with Crippen LogP contribution in [-0.4, -0.2) is 32.8 Å². The van der Waals surface area contributed by atoms with E-state index in [2.05, 4.69) is 49.2 Å². The van der Waals surface area contributed by atoms with E-state index in [1.807, 2.05) is 0 Å². The number of nitrogens with one attached hydrogen (secondary N) is 1. The minimum atomic E-state index is 0.575. The molecule has 18 heavy (non-hydrogen) atoms. The van der Waals surface area contributed by atoms with E-state index in [4.69, 9.17) is 4.74 Å². The van der Waals surface area contributed by atoms with E-state index in [-0.39, 0.29) is 0 Å². The van der Waals surface area contributed by atoms with Crippen molar-refractivity contribution in [3.63, 3.8) is 0 Å². The largest absolute Gasteiger partial charge is 0.497 e. The number of piperazine rings is 1. The van der Waals surface area contributed by atoms with Gasteiger partial charge in [-0.1, -0.05) is 13.8 Å². The highest BCUT2D eigenvalue weighted by Gasteiger charge is 2.25. The third kappa shape index (κ3) is 2.61. The van der Waals surface area contributed by atoms with Gasteiger partial charge in [0.25, 0.3) is 0 Å². The molecule has 2 rings (SSSR count). The van der Waals surface area contributed by atoms with Gasteiger partial charge in [-0.25, -0.2) is 0 Å². The highest BCUT2D eigenvalue weighted by molar-refractivity contribution is 5.57. The fourth-order valence-corrected chi connectivity index (χ4v) is 2.70. The zero-order valence-corrected chi connectivity index (χ0v) is 11.9. The zero-order valence-electron chi connectivity index (χ0n) is 11.9. The summed E-state index contributed by atoms with van der Waals surface area (Å²) in [5.74, 6) is 1.59. The van der Waals surface area contributed by atoms with E-state index >= 15 is 0 Å². The lowest BCUT2D eigenvalue weighted by atomic mass is 9.98. The highest BCUT2D eigenvalue weighted by Crippen LogP contribution is 2.28. The molecular formula is C15H24N2O. The minimum Gasteiger partial charge on any atom is -0.497 e. The van der Waals surface area contributed by atoms with E-state index in [1.165, 1.54) is 11.3 Å². The molecule has 100 valence electrons. The SMILES string of the molecule is COc1ccc(N2CCNCC2C(C)C)c(C)c1. The van der Waals surface area contributed by atoms with E-state index < -0.39 is 0 Å². The average Bonchev–Trinajstić information content (AvgIpc) is 2.38. The monoisotopic (exact) mass is 248 g/mol. The maximum atomic E-state index is 5.28. The summed E-state index contributed by atoms with van der Waals surface area (Å²) < 4.78 is 5.28. The summed E-state index contributed by atoms with van der Waals surface area (Å²) in [5, 5.41) is 3.49. The van der Waals surface area contributed by atoms with Crippen LogP contribution in [0.15, 0.2) is 18.2 Å².